The van der Waals surface area contributed by atoms with E-state index in [1.807, 2.05) is 0 Å². The lowest BCUT2D eigenvalue weighted by atomic mass is 9.61. The molecule has 0 radical (unpaired) electrons. The van der Waals surface area contributed by atoms with E-state index in [0.717, 1.165) is 0 Å². The number of rotatable bonds is 4. The van der Waals surface area contributed by atoms with Crippen molar-refractivity contribution in [2.45, 2.75) is 71.3 Å². The summed E-state index contributed by atoms with van der Waals surface area (Å²) in [6.45, 7) is 11.9. The first kappa shape index (κ1) is 23.9. The van der Waals surface area contributed by atoms with Crippen LogP contribution in [0.25, 0.3) is 0 Å². The van der Waals surface area contributed by atoms with Crippen molar-refractivity contribution in [3.8, 4) is 0 Å². The lowest BCUT2D eigenvalue weighted by molar-refractivity contribution is 0.195. The van der Waals surface area contributed by atoms with Crippen LogP contribution in [0.1, 0.15) is 61.8 Å². The number of anilines is 5. The van der Waals surface area contributed by atoms with Gasteiger partial charge in [-0.15, -0.1) is 0 Å². The van der Waals surface area contributed by atoms with E-state index in [1.165, 1.54) is 76.4 Å². The van der Waals surface area contributed by atoms with Gasteiger partial charge in [-0.25, -0.2) is 0 Å². The van der Waals surface area contributed by atoms with E-state index in [-0.39, 0.29) is 11.0 Å². The number of hydrogen-bond acceptors (Lipinski definition) is 2. The molecule has 0 N–H and O–H groups in total. The molecule has 4 aromatic rings. The first-order valence-corrected chi connectivity index (χ1v) is 13.8. The van der Waals surface area contributed by atoms with Crippen molar-refractivity contribution >= 4 is 28.4 Å². The van der Waals surface area contributed by atoms with E-state index in [1.54, 1.807) is 0 Å². The first-order valence-electron chi connectivity index (χ1n) is 13.8. The average molecular weight is 487 g/mol. The molecule has 1 aliphatic heterocycles. The fourth-order valence-corrected chi connectivity index (χ4v) is 7.21. The summed E-state index contributed by atoms with van der Waals surface area (Å²) in [4.78, 5) is 5.17. The Morgan fingerprint density at radius 3 is 2.08 bits per heavy atom. The van der Waals surface area contributed by atoms with E-state index in [0.29, 0.717) is 0 Å². The van der Waals surface area contributed by atoms with Gasteiger partial charge in [0, 0.05) is 28.2 Å². The van der Waals surface area contributed by atoms with Crippen LogP contribution < -0.4 is 9.80 Å². The second kappa shape index (κ2) is 8.80. The second-order valence-electron chi connectivity index (χ2n) is 11.5. The fraction of sp³-hybridized carbons (Fsp3) is 0.314. The van der Waals surface area contributed by atoms with Gasteiger partial charge in [-0.1, -0.05) is 80.4 Å². The molecule has 6 rings (SSSR count). The van der Waals surface area contributed by atoms with Gasteiger partial charge in [0.1, 0.15) is 0 Å². The molecule has 0 amide bonds. The monoisotopic (exact) mass is 486 g/mol. The molecule has 2 aliphatic rings. The quantitative estimate of drug-likeness (QED) is 0.283. The number of benzene rings is 4. The van der Waals surface area contributed by atoms with E-state index in [4.69, 9.17) is 0 Å². The standard InChI is InChI=1S/C35H38N2/c1-25-15-9-10-20-30(25)36(28-17-7-6-8-18-28)31-21-14-22-32(27(31)3)37-33-26(2)16-13-19-29(33)34(4)23-11-12-24-35(34,37)5/h6-10,13-22H,11-12,23-24H2,1-5H3. The van der Waals surface area contributed by atoms with Gasteiger partial charge in [0.15, 0.2) is 0 Å². The fourth-order valence-electron chi connectivity index (χ4n) is 7.21. The molecule has 2 unspecified atom stereocenters. The third-order valence-corrected chi connectivity index (χ3v) is 9.46. The van der Waals surface area contributed by atoms with Gasteiger partial charge in [0.25, 0.3) is 0 Å². The van der Waals surface area contributed by atoms with Gasteiger partial charge in [-0.3, -0.25) is 0 Å². The Labute approximate surface area is 222 Å². The number of aryl methyl sites for hydroxylation is 2. The number of nitrogens with zero attached hydrogens (tertiary/aromatic N) is 2. The Morgan fingerprint density at radius 1 is 0.649 bits per heavy atom. The van der Waals surface area contributed by atoms with Gasteiger partial charge in [-0.2, -0.15) is 0 Å². The molecule has 0 aromatic heterocycles. The van der Waals surface area contributed by atoms with Crippen molar-refractivity contribution in [2.75, 3.05) is 9.80 Å². The highest BCUT2D eigenvalue weighted by Crippen LogP contribution is 2.62. The molecular weight excluding hydrogens is 448 g/mol. The van der Waals surface area contributed by atoms with E-state index < -0.39 is 0 Å². The summed E-state index contributed by atoms with van der Waals surface area (Å²) in [6, 6.07) is 33.3. The molecule has 1 heterocycles. The van der Waals surface area contributed by atoms with E-state index >= 15 is 0 Å². The maximum absolute atomic E-state index is 2.73. The van der Waals surface area contributed by atoms with Gasteiger partial charge in [-0.05, 0) is 93.1 Å². The van der Waals surface area contributed by atoms with Crippen LogP contribution >= 0.6 is 0 Å². The summed E-state index contributed by atoms with van der Waals surface area (Å²) in [5.41, 5.74) is 12.1. The van der Waals surface area contributed by atoms with Crippen molar-refractivity contribution in [1.29, 1.82) is 0 Å². The van der Waals surface area contributed by atoms with Crippen LogP contribution in [0.2, 0.25) is 0 Å². The Balaban J connectivity index is 1.59. The molecule has 1 fully saturated rings. The van der Waals surface area contributed by atoms with Gasteiger partial charge in [0.2, 0.25) is 0 Å². The molecule has 2 nitrogen and oxygen atoms in total. The van der Waals surface area contributed by atoms with Crippen molar-refractivity contribution < 1.29 is 0 Å². The molecular formula is C35H38N2. The summed E-state index contributed by atoms with van der Waals surface area (Å²) >= 11 is 0. The molecule has 0 saturated heterocycles. The van der Waals surface area contributed by atoms with Crippen molar-refractivity contribution in [3.63, 3.8) is 0 Å². The van der Waals surface area contributed by atoms with Crippen LogP contribution in [0.4, 0.5) is 28.4 Å². The minimum atomic E-state index is 0.0450. The lowest BCUT2D eigenvalue weighted by Gasteiger charge is -2.51. The van der Waals surface area contributed by atoms with Crippen LogP contribution in [0.5, 0.6) is 0 Å². The highest BCUT2D eigenvalue weighted by molar-refractivity contribution is 5.87. The Kier molecular flexibility index (Phi) is 5.67. The van der Waals surface area contributed by atoms with Gasteiger partial charge in [0.05, 0.1) is 11.2 Å². The molecule has 37 heavy (non-hydrogen) atoms. The van der Waals surface area contributed by atoms with Crippen LogP contribution in [0, 0.1) is 20.8 Å². The van der Waals surface area contributed by atoms with E-state index in [2.05, 4.69) is 135 Å². The van der Waals surface area contributed by atoms with Crippen molar-refractivity contribution in [2.24, 2.45) is 0 Å². The Bertz CT molecular complexity index is 1460. The molecule has 0 bridgehead atoms. The minimum absolute atomic E-state index is 0.0450. The normalized spacial score (nSPS) is 22.5. The largest absolute Gasteiger partial charge is 0.334 e. The second-order valence-corrected chi connectivity index (χ2v) is 11.5. The van der Waals surface area contributed by atoms with Gasteiger partial charge < -0.3 is 9.80 Å². The van der Waals surface area contributed by atoms with Gasteiger partial charge >= 0.3 is 0 Å². The zero-order valence-electron chi connectivity index (χ0n) is 22.9. The Hall–Kier alpha value is -3.52. The SMILES string of the molecule is Cc1ccccc1N(c1ccccc1)c1cccc(N2c3c(C)cccc3C3(C)CCCCC23C)c1C. The smallest absolute Gasteiger partial charge is 0.0518 e. The molecule has 1 saturated carbocycles. The predicted molar refractivity (Wildman–Crippen MR) is 158 cm³/mol. The topological polar surface area (TPSA) is 6.48 Å². The molecule has 0 spiro atoms. The third kappa shape index (κ3) is 3.45. The van der Waals surface area contributed by atoms with Crippen LogP contribution in [0.15, 0.2) is 91.0 Å². The minimum Gasteiger partial charge on any atom is -0.334 e. The summed E-state index contributed by atoms with van der Waals surface area (Å²) in [5.74, 6) is 0. The zero-order valence-corrected chi connectivity index (χ0v) is 22.9. The lowest BCUT2D eigenvalue weighted by Crippen LogP contribution is -2.54. The summed E-state index contributed by atoms with van der Waals surface area (Å²) in [6.07, 6.45) is 5.05. The molecule has 188 valence electrons. The number of fused-ring (bicyclic) bond motifs is 3. The van der Waals surface area contributed by atoms with Crippen LogP contribution in [-0.2, 0) is 5.41 Å². The molecule has 2 atom stereocenters. The third-order valence-electron chi connectivity index (χ3n) is 9.46. The Morgan fingerprint density at radius 2 is 1.30 bits per heavy atom. The van der Waals surface area contributed by atoms with Crippen molar-refractivity contribution in [3.05, 3.63) is 113 Å². The average Bonchev–Trinajstić information content (AvgIpc) is 3.12. The maximum Gasteiger partial charge on any atom is 0.0518 e. The van der Waals surface area contributed by atoms with Crippen molar-refractivity contribution in [1.82, 2.24) is 0 Å². The molecule has 1 aliphatic carbocycles. The number of para-hydroxylation sites is 3. The van der Waals surface area contributed by atoms with E-state index in [9.17, 15) is 0 Å². The highest BCUT2D eigenvalue weighted by atomic mass is 15.3. The molecule has 4 aromatic carbocycles. The zero-order chi connectivity index (χ0) is 25.8. The summed E-state index contributed by atoms with van der Waals surface area (Å²) < 4.78 is 0. The number of hydrogen-bond donors (Lipinski definition) is 0. The first-order chi connectivity index (χ1) is 17.9. The maximum atomic E-state index is 2.73. The predicted octanol–water partition coefficient (Wildman–Crippen LogP) is 9.82. The highest BCUT2D eigenvalue weighted by Gasteiger charge is 2.58. The van der Waals surface area contributed by atoms with Crippen LogP contribution in [-0.4, -0.2) is 5.54 Å². The summed E-state index contributed by atoms with van der Waals surface area (Å²) in [5, 5.41) is 0. The summed E-state index contributed by atoms with van der Waals surface area (Å²) in [7, 11) is 0. The molecule has 2 heteroatoms. The van der Waals surface area contributed by atoms with Crippen LogP contribution in [0.3, 0.4) is 0 Å².